The number of nitrogens with zero attached hydrogens (tertiary/aromatic N) is 3. The molecule has 0 aliphatic carbocycles. The Hall–Kier alpha value is -2.36. The number of hydrogen-bond donors (Lipinski definition) is 0. The van der Waals surface area contributed by atoms with Gasteiger partial charge in [-0.25, -0.2) is 8.42 Å². The Morgan fingerprint density at radius 1 is 1.12 bits per heavy atom. The van der Waals surface area contributed by atoms with Gasteiger partial charge in [0.15, 0.2) is 0 Å². The third-order valence-electron chi connectivity index (χ3n) is 6.08. The van der Waals surface area contributed by atoms with Crippen LogP contribution in [0.3, 0.4) is 0 Å². The van der Waals surface area contributed by atoms with Crippen LogP contribution >= 0.6 is 11.8 Å². The fourth-order valence-corrected chi connectivity index (χ4v) is 6.82. The summed E-state index contributed by atoms with van der Waals surface area (Å²) in [7, 11) is -3.64. The number of carbonyl (C=O) groups is 2. The lowest BCUT2D eigenvalue weighted by Gasteiger charge is -2.28. The van der Waals surface area contributed by atoms with Crippen LogP contribution in [0, 0.1) is 5.92 Å². The van der Waals surface area contributed by atoms with E-state index in [0.29, 0.717) is 31.1 Å². The first-order valence-electron chi connectivity index (χ1n) is 11.3. The third kappa shape index (κ3) is 4.81. The lowest BCUT2D eigenvalue weighted by Crippen LogP contribution is -2.45. The quantitative estimate of drug-likeness (QED) is 0.622. The van der Waals surface area contributed by atoms with E-state index in [-0.39, 0.29) is 29.2 Å². The largest absolute Gasteiger partial charge is 0.311 e. The van der Waals surface area contributed by atoms with E-state index in [1.54, 1.807) is 23.1 Å². The highest BCUT2D eigenvalue weighted by Gasteiger charge is 2.33. The fraction of sp³-hybridized carbons (Fsp3) is 0.417. The monoisotopic (exact) mass is 487 g/mol. The second kappa shape index (κ2) is 9.87. The first kappa shape index (κ1) is 23.8. The molecule has 1 saturated heterocycles. The molecule has 2 heterocycles. The van der Waals surface area contributed by atoms with Crippen LogP contribution in [0.4, 0.5) is 11.4 Å². The number of sulfonamides is 1. The van der Waals surface area contributed by atoms with E-state index < -0.39 is 10.0 Å². The van der Waals surface area contributed by atoms with Crippen LogP contribution in [0.25, 0.3) is 0 Å². The van der Waals surface area contributed by atoms with Gasteiger partial charge in [-0.2, -0.15) is 4.31 Å². The molecule has 1 unspecified atom stereocenters. The molecule has 1 fully saturated rings. The second-order valence-electron chi connectivity index (χ2n) is 8.35. The minimum atomic E-state index is -3.64. The Labute approximate surface area is 199 Å². The van der Waals surface area contributed by atoms with E-state index in [1.807, 2.05) is 44.2 Å². The van der Waals surface area contributed by atoms with Gasteiger partial charge in [0.25, 0.3) is 0 Å². The van der Waals surface area contributed by atoms with Gasteiger partial charge in [0.05, 0.1) is 10.6 Å². The van der Waals surface area contributed by atoms with Crippen molar-refractivity contribution in [2.45, 2.75) is 36.5 Å². The molecule has 0 radical (unpaired) electrons. The Balaban J connectivity index is 1.70. The Kier molecular flexibility index (Phi) is 7.11. The van der Waals surface area contributed by atoms with Crippen LogP contribution in [0.15, 0.2) is 58.3 Å². The predicted octanol–water partition coefficient (Wildman–Crippen LogP) is 3.60. The number of fused-ring (bicyclic) bond motifs is 1. The summed E-state index contributed by atoms with van der Waals surface area (Å²) in [6.45, 7) is 5.07. The summed E-state index contributed by atoms with van der Waals surface area (Å²) in [5, 5.41) is 0. The van der Waals surface area contributed by atoms with Crippen molar-refractivity contribution < 1.29 is 18.0 Å². The molecule has 7 nitrogen and oxygen atoms in total. The molecular formula is C24H29N3O4S2. The SMILES string of the molecule is CCN(C(=O)CN1C(=O)C(C)CSc2ccc(S(=O)(=O)N3CCCC3)cc21)c1ccccc1. The Bertz CT molecular complexity index is 1130. The van der Waals surface area contributed by atoms with Crippen LogP contribution in [0.1, 0.15) is 26.7 Å². The van der Waals surface area contributed by atoms with Gasteiger partial charge >= 0.3 is 0 Å². The number of anilines is 2. The summed E-state index contributed by atoms with van der Waals surface area (Å²) in [5.74, 6) is -0.102. The number of thioether (sulfide) groups is 1. The van der Waals surface area contributed by atoms with Gasteiger partial charge in [0, 0.05) is 41.9 Å². The zero-order chi connectivity index (χ0) is 23.6. The zero-order valence-electron chi connectivity index (χ0n) is 18.9. The fourth-order valence-electron chi connectivity index (χ4n) is 4.23. The normalized spacial score (nSPS) is 19.3. The average Bonchev–Trinajstić information content (AvgIpc) is 3.34. The van der Waals surface area contributed by atoms with Crippen LogP contribution in [0.2, 0.25) is 0 Å². The number of benzene rings is 2. The van der Waals surface area contributed by atoms with Crippen LogP contribution < -0.4 is 9.80 Å². The summed E-state index contributed by atoms with van der Waals surface area (Å²) in [4.78, 5) is 30.7. The van der Waals surface area contributed by atoms with Gasteiger partial charge in [-0.05, 0) is 50.1 Å². The van der Waals surface area contributed by atoms with Crippen molar-refractivity contribution in [3.05, 3.63) is 48.5 Å². The highest BCUT2D eigenvalue weighted by molar-refractivity contribution is 7.99. The van der Waals surface area contributed by atoms with Gasteiger partial charge in [-0.3, -0.25) is 9.59 Å². The highest BCUT2D eigenvalue weighted by Crippen LogP contribution is 2.38. The Morgan fingerprint density at radius 2 is 1.82 bits per heavy atom. The first-order chi connectivity index (χ1) is 15.8. The van der Waals surface area contributed by atoms with Crippen molar-refractivity contribution >= 4 is 45.0 Å². The number of rotatable bonds is 6. The average molecular weight is 488 g/mol. The van der Waals surface area contributed by atoms with E-state index >= 15 is 0 Å². The van der Waals surface area contributed by atoms with Crippen molar-refractivity contribution in [2.75, 3.05) is 41.7 Å². The summed E-state index contributed by atoms with van der Waals surface area (Å²) in [5.41, 5.74) is 1.26. The zero-order valence-corrected chi connectivity index (χ0v) is 20.6. The molecule has 0 spiro atoms. The molecule has 2 amide bonds. The summed E-state index contributed by atoms with van der Waals surface area (Å²) >= 11 is 1.52. The maximum absolute atomic E-state index is 13.3. The molecule has 2 aliphatic rings. The molecule has 33 heavy (non-hydrogen) atoms. The summed E-state index contributed by atoms with van der Waals surface area (Å²) < 4.78 is 27.8. The van der Waals surface area contributed by atoms with Gasteiger partial charge in [-0.1, -0.05) is 25.1 Å². The van der Waals surface area contributed by atoms with Crippen molar-refractivity contribution in [3.63, 3.8) is 0 Å². The van der Waals surface area contributed by atoms with Gasteiger partial charge < -0.3 is 9.80 Å². The van der Waals surface area contributed by atoms with Gasteiger partial charge in [0.1, 0.15) is 6.54 Å². The van der Waals surface area contributed by atoms with Gasteiger partial charge in [0.2, 0.25) is 21.8 Å². The summed E-state index contributed by atoms with van der Waals surface area (Å²) in [6, 6.07) is 14.3. The standard InChI is InChI=1S/C24H29N3O4S2/c1-3-26(19-9-5-4-6-10-19)23(28)16-27-21-15-20(33(30,31)25-13-7-8-14-25)11-12-22(21)32-17-18(2)24(27)29/h4-6,9-12,15,18H,3,7-8,13-14,16-17H2,1-2H3. The molecule has 0 saturated carbocycles. The van der Waals surface area contributed by atoms with E-state index in [2.05, 4.69) is 0 Å². The van der Waals surface area contributed by atoms with Crippen molar-refractivity contribution in [1.29, 1.82) is 0 Å². The van der Waals surface area contributed by atoms with Crippen LogP contribution in [-0.2, 0) is 19.6 Å². The number of amides is 2. The highest BCUT2D eigenvalue weighted by atomic mass is 32.2. The van der Waals surface area contributed by atoms with Crippen LogP contribution in [0.5, 0.6) is 0 Å². The maximum atomic E-state index is 13.3. The molecule has 2 aliphatic heterocycles. The molecule has 176 valence electrons. The number of carbonyl (C=O) groups excluding carboxylic acids is 2. The second-order valence-corrected chi connectivity index (χ2v) is 11.4. The van der Waals surface area contributed by atoms with Crippen molar-refractivity contribution in [2.24, 2.45) is 5.92 Å². The molecule has 0 bridgehead atoms. The smallest absolute Gasteiger partial charge is 0.247 e. The van der Waals surface area contributed by atoms with Gasteiger partial charge in [-0.15, -0.1) is 11.8 Å². The molecule has 0 N–H and O–H groups in total. The van der Waals surface area contributed by atoms with E-state index in [0.717, 1.165) is 23.4 Å². The Morgan fingerprint density at radius 3 is 2.48 bits per heavy atom. The third-order valence-corrected chi connectivity index (χ3v) is 9.30. The lowest BCUT2D eigenvalue weighted by atomic mass is 10.1. The minimum Gasteiger partial charge on any atom is -0.311 e. The molecule has 0 aromatic heterocycles. The maximum Gasteiger partial charge on any atom is 0.247 e. The number of para-hydroxylation sites is 1. The number of hydrogen-bond acceptors (Lipinski definition) is 5. The molecular weight excluding hydrogens is 458 g/mol. The molecule has 2 aromatic rings. The molecule has 1 atom stereocenters. The number of likely N-dealkylation sites (N-methyl/N-ethyl adjacent to an activating group) is 1. The topological polar surface area (TPSA) is 78.0 Å². The van der Waals surface area contributed by atoms with Crippen molar-refractivity contribution in [1.82, 2.24) is 4.31 Å². The van der Waals surface area contributed by atoms with E-state index in [9.17, 15) is 18.0 Å². The lowest BCUT2D eigenvalue weighted by molar-refractivity contribution is -0.124. The molecule has 4 rings (SSSR count). The molecule has 2 aromatic carbocycles. The minimum absolute atomic E-state index is 0.146. The van der Waals surface area contributed by atoms with E-state index in [4.69, 9.17) is 0 Å². The predicted molar refractivity (Wildman–Crippen MR) is 131 cm³/mol. The summed E-state index contributed by atoms with van der Waals surface area (Å²) in [6.07, 6.45) is 1.70. The van der Waals surface area contributed by atoms with Crippen LogP contribution in [-0.4, -0.2) is 56.5 Å². The first-order valence-corrected chi connectivity index (χ1v) is 13.7. The van der Waals surface area contributed by atoms with E-state index in [1.165, 1.54) is 21.0 Å². The molecule has 9 heteroatoms. The van der Waals surface area contributed by atoms with Crippen molar-refractivity contribution in [3.8, 4) is 0 Å².